The number of amidine groups is 1. The van der Waals surface area contributed by atoms with E-state index < -0.39 is 0 Å². The Hall–Kier alpha value is -1.72. The highest BCUT2D eigenvalue weighted by molar-refractivity contribution is 5.77. The fourth-order valence-electron chi connectivity index (χ4n) is 1.88. The number of nitrogens with two attached hydrogens (primary N) is 1. The van der Waals surface area contributed by atoms with Crippen LogP contribution in [0.15, 0.2) is 0 Å². The highest BCUT2D eigenvalue weighted by Gasteiger charge is 2.16. The Morgan fingerprint density at radius 2 is 1.84 bits per heavy atom. The fourth-order valence-corrected chi connectivity index (χ4v) is 1.88. The summed E-state index contributed by atoms with van der Waals surface area (Å²) in [5.74, 6) is 0.810. The fraction of sp³-hybridized carbons (Fsp3) is 0.692. The van der Waals surface area contributed by atoms with Crippen LogP contribution in [-0.4, -0.2) is 33.6 Å². The van der Waals surface area contributed by atoms with Gasteiger partial charge in [0.1, 0.15) is 0 Å². The third-order valence-electron chi connectivity index (χ3n) is 3.00. The van der Waals surface area contributed by atoms with Crippen LogP contribution in [0.3, 0.4) is 0 Å². The second-order valence-electron chi connectivity index (χ2n) is 4.77. The van der Waals surface area contributed by atoms with E-state index in [1.54, 1.807) is 0 Å². The number of anilines is 1. The molecule has 1 heterocycles. The minimum absolute atomic E-state index is 0.180. The quantitative estimate of drug-likeness (QED) is 0.575. The third kappa shape index (κ3) is 4.15. The maximum absolute atomic E-state index is 7.33. The Morgan fingerprint density at radius 1 is 1.21 bits per heavy atom. The van der Waals surface area contributed by atoms with Crippen LogP contribution in [0.1, 0.15) is 45.5 Å². The van der Waals surface area contributed by atoms with Crippen LogP contribution in [0, 0.1) is 5.41 Å². The number of nitrogens with zero attached hydrogens (tertiary/aromatic N) is 4. The highest BCUT2D eigenvalue weighted by Crippen LogP contribution is 2.14. The standard InChI is InChI=1S/C13H24N6/c1-5-10-11(6-2)17-18-13(16-10)19(9(3)4)8-7-12(14)15/h9H,5-8H2,1-4H3,(H3,14,15). The van der Waals surface area contributed by atoms with Crippen LogP contribution >= 0.6 is 0 Å². The van der Waals surface area contributed by atoms with Crippen LogP contribution in [0.25, 0.3) is 0 Å². The largest absolute Gasteiger partial charge is 0.388 e. The first-order chi connectivity index (χ1) is 8.99. The minimum Gasteiger partial charge on any atom is -0.388 e. The van der Waals surface area contributed by atoms with Gasteiger partial charge in [-0.15, -0.1) is 5.10 Å². The lowest BCUT2D eigenvalue weighted by atomic mass is 10.2. The van der Waals surface area contributed by atoms with Crippen LogP contribution in [0.2, 0.25) is 0 Å². The van der Waals surface area contributed by atoms with Gasteiger partial charge in [-0.05, 0) is 26.7 Å². The average Bonchev–Trinajstić information content (AvgIpc) is 2.37. The number of hydrogen-bond acceptors (Lipinski definition) is 5. The van der Waals surface area contributed by atoms with E-state index in [0.29, 0.717) is 18.9 Å². The molecule has 19 heavy (non-hydrogen) atoms. The van der Waals surface area contributed by atoms with E-state index >= 15 is 0 Å². The van der Waals surface area contributed by atoms with E-state index in [-0.39, 0.29) is 11.9 Å². The van der Waals surface area contributed by atoms with E-state index in [0.717, 1.165) is 24.2 Å². The Morgan fingerprint density at radius 3 is 2.32 bits per heavy atom. The molecule has 0 saturated carbocycles. The molecular formula is C13H24N6. The highest BCUT2D eigenvalue weighted by atomic mass is 15.3. The van der Waals surface area contributed by atoms with Crippen molar-refractivity contribution in [1.29, 1.82) is 5.41 Å². The Labute approximate surface area is 114 Å². The molecule has 0 aliphatic heterocycles. The second-order valence-corrected chi connectivity index (χ2v) is 4.77. The van der Waals surface area contributed by atoms with Crippen molar-refractivity contribution in [2.24, 2.45) is 5.73 Å². The molecule has 0 bridgehead atoms. The van der Waals surface area contributed by atoms with Crippen molar-refractivity contribution >= 4 is 11.8 Å². The van der Waals surface area contributed by atoms with Gasteiger partial charge in [0.05, 0.1) is 17.2 Å². The molecule has 0 aliphatic carbocycles. The lowest BCUT2D eigenvalue weighted by Gasteiger charge is -2.26. The van der Waals surface area contributed by atoms with Crippen LogP contribution in [-0.2, 0) is 12.8 Å². The third-order valence-corrected chi connectivity index (χ3v) is 3.00. The van der Waals surface area contributed by atoms with Crippen LogP contribution in [0.5, 0.6) is 0 Å². The maximum atomic E-state index is 7.33. The normalized spacial score (nSPS) is 10.8. The number of aromatic nitrogens is 3. The van der Waals surface area contributed by atoms with E-state index in [1.807, 2.05) is 4.90 Å². The van der Waals surface area contributed by atoms with Gasteiger partial charge < -0.3 is 10.6 Å². The average molecular weight is 264 g/mol. The summed E-state index contributed by atoms with van der Waals surface area (Å²) in [5.41, 5.74) is 7.38. The van der Waals surface area contributed by atoms with Crippen molar-refractivity contribution in [2.45, 2.75) is 53.0 Å². The lowest BCUT2D eigenvalue weighted by Crippen LogP contribution is -2.35. The van der Waals surface area contributed by atoms with Crippen LogP contribution in [0.4, 0.5) is 5.95 Å². The lowest BCUT2D eigenvalue weighted by molar-refractivity contribution is 0.649. The molecule has 1 rings (SSSR count). The molecule has 6 nitrogen and oxygen atoms in total. The van der Waals surface area contributed by atoms with E-state index in [9.17, 15) is 0 Å². The molecule has 0 amide bonds. The van der Waals surface area contributed by atoms with Crippen molar-refractivity contribution < 1.29 is 0 Å². The Bertz CT molecular complexity index is 429. The summed E-state index contributed by atoms with van der Waals surface area (Å²) in [6.45, 7) is 8.91. The molecule has 6 heteroatoms. The predicted octanol–water partition coefficient (Wildman–Crippen LogP) is 1.54. The smallest absolute Gasteiger partial charge is 0.245 e. The van der Waals surface area contributed by atoms with Gasteiger partial charge in [0.15, 0.2) is 0 Å². The zero-order chi connectivity index (χ0) is 14.4. The van der Waals surface area contributed by atoms with Gasteiger partial charge in [0.2, 0.25) is 5.95 Å². The summed E-state index contributed by atoms with van der Waals surface area (Å²) in [6.07, 6.45) is 2.21. The van der Waals surface area contributed by atoms with Crippen molar-refractivity contribution in [3.8, 4) is 0 Å². The van der Waals surface area contributed by atoms with Crippen LogP contribution < -0.4 is 10.6 Å². The molecule has 0 spiro atoms. The van der Waals surface area contributed by atoms with Gasteiger partial charge in [-0.25, -0.2) is 4.98 Å². The summed E-state index contributed by atoms with van der Waals surface area (Å²) in [7, 11) is 0. The van der Waals surface area contributed by atoms with Gasteiger partial charge in [-0.3, -0.25) is 5.41 Å². The Kier molecular flexibility index (Phi) is 5.66. The van der Waals surface area contributed by atoms with E-state index in [4.69, 9.17) is 11.1 Å². The van der Waals surface area contributed by atoms with Gasteiger partial charge in [-0.1, -0.05) is 13.8 Å². The first-order valence-corrected chi connectivity index (χ1v) is 6.81. The monoisotopic (exact) mass is 264 g/mol. The molecule has 1 aromatic rings. The second kappa shape index (κ2) is 7.01. The molecule has 0 aromatic carbocycles. The predicted molar refractivity (Wildman–Crippen MR) is 77.6 cm³/mol. The molecular weight excluding hydrogens is 240 g/mol. The van der Waals surface area contributed by atoms with Gasteiger partial charge in [0.25, 0.3) is 0 Å². The first-order valence-electron chi connectivity index (χ1n) is 6.81. The summed E-state index contributed by atoms with van der Waals surface area (Å²) < 4.78 is 0. The van der Waals surface area contributed by atoms with Crippen molar-refractivity contribution in [2.75, 3.05) is 11.4 Å². The molecule has 0 unspecified atom stereocenters. The molecule has 0 fully saturated rings. The molecule has 3 N–H and O–H groups in total. The van der Waals surface area contributed by atoms with E-state index in [1.165, 1.54) is 0 Å². The number of nitrogens with one attached hydrogen (secondary N) is 1. The van der Waals surface area contributed by atoms with E-state index in [2.05, 4.69) is 42.9 Å². The van der Waals surface area contributed by atoms with Crippen molar-refractivity contribution in [3.63, 3.8) is 0 Å². The number of aryl methyl sites for hydroxylation is 2. The summed E-state index contributed by atoms with van der Waals surface area (Å²) in [5, 5.41) is 15.8. The summed E-state index contributed by atoms with van der Waals surface area (Å²) in [6, 6.07) is 0.248. The van der Waals surface area contributed by atoms with Gasteiger partial charge in [0, 0.05) is 19.0 Å². The van der Waals surface area contributed by atoms with Crippen molar-refractivity contribution in [3.05, 3.63) is 11.4 Å². The minimum atomic E-state index is 0.180. The van der Waals surface area contributed by atoms with Gasteiger partial charge in [-0.2, -0.15) is 5.10 Å². The molecule has 0 radical (unpaired) electrons. The molecule has 0 aliphatic rings. The molecule has 0 atom stereocenters. The maximum Gasteiger partial charge on any atom is 0.245 e. The topological polar surface area (TPSA) is 91.8 Å². The molecule has 0 saturated heterocycles. The Balaban J connectivity index is 2.99. The SMILES string of the molecule is CCc1nnc(N(CCC(=N)N)C(C)C)nc1CC. The summed E-state index contributed by atoms with van der Waals surface area (Å²) >= 11 is 0. The van der Waals surface area contributed by atoms with Crippen molar-refractivity contribution in [1.82, 2.24) is 15.2 Å². The zero-order valence-corrected chi connectivity index (χ0v) is 12.3. The number of rotatable bonds is 7. The zero-order valence-electron chi connectivity index (χ0n) is 12.3. The molecule has 1 aromatic heterocycles. The van der Waals surface area contributed by atoms with Gasteiger partial charge >= 0.3 is 0 Å². The number of hydrogen-bond donors (Lipinski definition) is 2. The molecule has 106 valence electrons. The first kappa shape index (κ1) is 15.3. The summed E-state index contributed by atoms with van der Waals surface area (Å²) in [4.78, 5) is 6.64.